The van der Waals surface area contributed by atoms with E-state index in [0.29, 0.717) is 5.92 Å². The molecule has 0 aromatic heterocycles. The van der Waals surface area contributed by atoms with Crippen molar-refractivity contribution in [2.45, 2.75) is 76.2 Å². The fourth-order valence-electron chi connectivity index (χ4n) is 4.97. The largest absolute Gasteiger partial charge is 0.392 e. The van der Waals surface area contributed by atoms with Crippen LogP contribution in [0.1, 0.15) is 70.3 Å². The van der Waals surface area contributed by atoms with Gasteiger partial charge in [-0.2, -0.15) is 0 Å². The average Bonchev–Trinajstić information content (AvgIpc) is 3.06. The summed E-state index contributed by atoms with van der Waals surface area (Å²) in [6.45, 7) is 2.31. The molecular formula is C20H30O. The molecule has 2 fully saturated rings. The van der Waals surface area contributed by atoms with E-state index in [1.165, 1.54) is 63.4 Å². The van der Waals surface area contributed by atoms with Crippen molar-refractivity contribution in [3.05, 3.63) is 35.9 Å². The zero-order valence-electron chi connectivity index (χ0n) is 13.4. The molecule has 0 spiro atoms. The second-order valence-corrected chi connectivity index (χ2v) is 7.38. The highest BCUT2D eigenvalue weighted by Gasteiger charge is 2.45. The van der Waals surface area contributed by atoms with E-state index in [4.69, 9.17) is 0 Å². The van der Waals surface area contributed by atoms with Gasteiger partial charge in [-0.15, -0.1) is 0 Å². The van der Waals surface area contributed by atoms with Gasteiger partial charge in [0.2, 0.25) is 0 Å². The van der Waals surface area contributed by atoms with Gasteiger partial charge in [-0.25, -0.2) is 0 Å². The molecule has 21 heavy (non-hydrogen) atoms. The van der Waals surface area contributed by atoms with Crippen LogP contribution in [0.2, 0.25) is 0 Å². The van der Waals surface area contributed by atoms with Gasteiger partial charge in [-0.05, 0) is 43.1 Å². The molecule has 2 aliphatic carbocycles. The highest BCUT2D eigenvalue weighted by Crippen LogP contribution is 2.48. The smallest absolute Gasteiger partial charge is 0.0664 e. The Bertz CT molecular complexity index is 432. The van der Waals surface area contributed by atoms with Crippen molar-refractivity contribution in [3.8, 4) is 0 Å². The van der Waals surface area contributed by atoms with E-state index in [1.807, 2.05) is 0 Å². The van der Waals surface area contributed by atoms with Gasteiger partial charge < -0.3 is 5.11 Å². The summed E-state index contributed by atoms with van der Waals surface area (Å²) >= 11 is 0. The quantitative estimate of drug-likeness (QED) is 0.818. The first kappa shape index (κ1) is 15.1. The van der Waals surface area contributed by atoms with Crippen LogP contribution in [0, 0.1) is 11.8 Å². The highest BCUT2D eigenvalue weighted by molar-refractivity contribution is 5.29. The Kier molecular flexibility index (Phi) is 4.69. The summed E-state index contributed by atoms with van der Waals surface area (Å²) in [5, 5.41) is 11.3. The van der Waals surface area contributed by atoms with Gasteiger partial charge in [0.25, 0.3) is 0 Å². The molecule has 0 bridgehead atoms. The van der Waals surface area contributed by atoms with Crippen molar-refractivity contribution in [1.29, 1.82) is 0 Å². The lowest BCUT2D eigenvalue weighted by Gasteiger charge is -2.42. The van der Waals surface area contributed by atoms with E-state index in [2.05, 4.69) is 37.3 Å². The van der Waals surface area contributed by atoms with Crippen molar-refractivity contribution >= 4 is 0 Å². The van der Waals surface area contributed by atoms with Crippen LogP contribution in [-0.4, -0.2) is 11.2 Å². The third-order valence-corrected chi connectivity index (χ3v) is 6.26. The van der Waals surface area contributed by atoms with E-state index >= 15 is 0 Å². The van der Waals surface area contributed by atoms with Crippen molar-refractivity contribution in [2.75, 3.05) is 0 Å². The summed E-state index contributed by atoms with van der Waals surface area (Å²) < 4.78 is 0. The van der Waals surface area contributed by atoms with Crippen molar-refractivity contribution in [1.82, 2.24) is 0 Å². The molecule has 0 amide bonds. The molecule has 116 valence electrons. The Morgan fingerprint density at radius 3 is 2.48 bits per heavy atom. The topological polar surface area (TPSA) is 20.2 Å². The molecule has 3 unspecified atom stereocenters. The van der Waals surface area contributed by atoms with Crippen LogP contribution >= 0.6 is 0 Å². The van der Waals surface area contributed by atoms with Crippen LogP contribution in [0.3, 0.4) is 0 Å². The summed E-state index contributed by atoms with van der Waals surface area (Å²) in [6.07, 6.45) is 11.2. The second kappa shape index (κ2) is 6.52. The van der Waals surface area contributed by atoms with Gasteiger partial charge in [0.05, 0.1) is 6.10 Å². The summed E-state index contributed by atoms with van der Waals surface area (Å²) in [7, 11) is 0. The Morgan fingerprint density at radius 1 is 1.10 bits per heavy atom. The molecule has 3 rings (SSSR count). The standard InChI is InChI=1S/C20H30O/c1-2-16-9-8-10-17(15-16)19(21)20(13-6-7-14-20)18-11-4-3-5-12-18/h3-5,11-12,16-17,19,21H,2,6-10,13-15H2,1H3. The Morgan fingerprint density at radius 2 is 1.81 bits per heavy atom. The lowest BCUT2D eigenvalue weighted by molar-refractivity contribution is 0.00412. The van der Waals surface area contributed by atoms with Gasteiger partial charge in [0, 0.05) is 5.41 Å². The van der Waals surface area contributed by atoms with Crippen molar-refractivity contribution in [3.63, 3.8) is 0 Å². The average molecular weight is 286 g/mol. The Hall–Kier alpha value is -0.820. The van der Waals surface area contributed by atoms with Gasteiger partial charge in [-0.1, -0.05) is 69.4 Å². The fraction of sp³-hybridized carbons (Fsp3) is 0.700. The van der Waals surface area contributed by atoms with Crippen LogP contribution in [0.4, 0.5) is 0 Å². The first-order valence-electron chi connectivity index (χ1n) is 9.00. The number of rotatable bonds is 4. The minimum Gasteiger partial charge on any atom is -0.392 e. The van der Waals surface area contributed by atoms with E-state index in [-0.39, 0.29) is 11.5 Å². The molecule has 0 aliphatic heterocycles. The highest BCUT2D eigenvalue weighted by atomic mass is 16.3. The Balaban J connectivity index is 1.84. The molecule has 1 heteroatoms. The third-order valence-electron chi connectivity index (χ3n) is 6.26. The number of aliphatic hydroxyl groups is 1. The number of benzene rings is 1. The van der Waals surface area contributed by atoms with Gasteiger partial charge in [0.1, 0.15) is 0 Å². The number of hydrogen-bond acceptors (Lipinski definition) is 1. The second-order valence-electron chi connectivity index (χ2n) is 7.38. The van der Waals surface area contributed by atoms with Gasteiger partial charge >= 0.3 is 0 Å². The maximum atomic E-state index is 11.3. The minimum atomic E-state index is -0.142. The zero-order valence-corrected chi connectivity index (χ0v) is 13.4. The molecule has 1 aromatic rings. The van der Waals surface area contributed by atoms with Crippen LogP contribution in [-0.2, 0) is 5.41 Å². The summed E-state index contributed by atoms with van der Waals surface area (Å²) in [4.78, 5) is 0. The molecule has 1 aromatic carbocycles. The first-order valence-corrected chi connectivity index (χ1v) is 9.00. The fourth-order valence-corrected chi connectivity index (χ4v) is 4.97. The van der Waals surface area contributed by atoms with E-state index in [0.717, 1.165) is 5.92 Å². The summed E-state index contributed by atoms with van der Waals surface area (Å²) in [5.74, 6) is 1.36. The molecule has 0 heterocycles. The molecule has 2 saturated carbocycles. The number of hydrogen-bond donors (Lipinski definition) is 1. The molecule has 0 radical (unpaired) electrons. The normalized spacial score (nSPS) is 30.2. The first-order chi connectivity index (χ1) is 10.3. The zero-order chi connectivity index (χ0) is 14.7. The van der Waals surface area contributed by atoms with E-state index in [9.17, 15) is 5.11 Å². The summed E-state index contributed by atoms with van der Waals surface area (Å²) in [6, 6.07) is 10.9. The van der Waals surface area contributed by atoms with Crippen molar-refractivity contribution in [2.24, 2.45) is 11.8 Å². The predicted octanol–water partition coefficient (Wildman–Crippen LogP) is 5.08. The molecule has 2 aliphatic rings. The van der Waals surface area contributed by atoms with Gasteiger partial charge in [-0.3, -0.25) is 0 Å². The molecule has 1 N–H and O–H groups in total. The van der Waals surface area contributed by atoms with E-state index < -0.39 is 0 Å². The van der Waals surface area contributed by atoms with Crippen LogP contribution < -0.4 is 0 Å². The molecule has 1 nitrogen and oxygen atoms in total. The Labute approximate surface area is 129 Å². The third kappa shape index (κ3) is 2.90. The molecule has 0 saturated heterocycles. The summed E-state index contributed by atoms with van der Waals surface area (Å²) in [5.41, 5.74) is 1.43. The molecule has 3 atom stereocenters. The van der Waals surface area contributed by atoms with E-state index in [1.54, 1.807) is 0 Å². The maximum Gasteiger partial charge on any atom is 0.0664 e. The molecular weight excluding hydrogens is 256 g/mol. The lowest BCUT2D eigenvalue weighted by Crippen LogP contribution is -2.43. The monoisotopic (exact) mass is 286 g/mol. The predicted molar refractivity (Wildman–Crippen MR) is 88.3 cm³/mol. The van der Waals surface area contributed by atoms with Crippen LogP contribution in [0.5, 0.6) is 0 Å². The van der Waals surface area contributed by atoms with Crippen LogP contribution in [0.15, 0.2) is 30.3 Å². The van der Waals surface area contributed by atoms with Crippen molar-refractivity contribution < 1.29 is 5.11 Å². The SMILES string of the molecule is CCC1CCCC(C(O)C2(c3ccccc3)CCCC2)C1. The van der Waals surface area contributed by atoms with Gasteiger partial charge in [0.15, 0.2) is 0 Å². The lowest BCUT2D eigenvalue weighted by atomic mass is 9.65. The minimum absolute atomic E-state index is 0.0432. The number of aliphatic hydroxyl groups excluding tert-OH is 1. The van der Waals surface area contributed by atoms with Crippen LogP contribution in [0.25, 0.3) is 0 Å². The maximum absolute atomic E-state index is 11.3.